The first-order valence-electron chi connectivity index (χ1n) is 11.0. The molecule has 1 heterocycles. The van der Waals surface area contributed by atoms with Gasteiger partial charge in [0.05, 0.1) is 19.6 Å². The third-order valence-electron chi connectivity index (χ3n) is 5.65. The summed E-state index contributed by atoms with van der Waals surface area (Å²) in [5, 5.41) is 5.83. The molecule has 2 aromatic rings. The highest BCUT2D eigenvalue weighted by Crippen LogP contribution is 2.20. The Bertz CT molecular complexity index is 843. The molecule has 0 aliphatic carbocycles. The Hall–Kier alpha value is -2.86. The van der Waals surface area contributed by atoms with Crippen molar-refractivity contribution in [2.45, 2.75) is 51.7 Å². The predicted octanol–water partition coefficient (Wildman–Crippen LogP) is 3.56. The van der Waals surface area contributed by atoms with Gasteiger partial charge < -0.3 is 15.4 Å². The maximum atomic E-state index is 12.5. The molecule has 1 atom stereocenters. The van der Waals surface area contributed by atoms with E-state index in [0.29, 0.717) is 6.54 Å². The summed E-state index contributed by atoms with van der Waals surface area (Å²) in [6.45, 7) is 5.29. The molecule has 31 heavy (non-hydrogen) atoms. The molecule has 1 aliphatic rings. The van der Waals surface area contributed by atoms with E-state index in [1.54, 1.807) is 7.11 Å². The summed E-state index contributed by atoms with van der Waals surface area (Å²) in [5.74, 6) is 0.461. The second kappa shape index (κ2) is 11.5. The minimum absolute atomic E-state index is 0.105. The normalized spacial score (nSPS) is 15.2. The topological polar surface area (TPSA) is 70.7 Å². The summed E-state index contributed by atoms with van der Waals surface area (Å²) in [5.41, 5.74) is 3.24. The largest absolute Gasteiger partial charge is 0.497 e. The molecule has 1 unspecified atom stereocenters. The molecule has 6 heteroatoms. The lowest BCUT2D eigenvalue weighted by molar-refractivity contribution is -0.122. The molecule has 3 rings (SSSR count). The van der Waals surface area contributed by atoms with Gasteiger partial charge in [-0.05, 0) is 54.8 Å². The van der Waals surface area contributed by atoms with Crippen molar-refractivity contribution in [3.8, 4) is 5.75 Å². The molecular formula is C25H33N3O3. The minimum Gasteiger partial charge on any atom is -0.497 e. The van der Waals surface area contributed by atoms with Gasteiger partial charge in [0.15, 0.2) is 0 Å². The van der Waals surface area contributed by atoms with Crippen LogP contribution in [0.15, 0.2) is 48.5 Å². The van der Waals surface area contributed by atoms with Crippen LogP contribution in [0.5, 0.6) is 5.75 Å². The molecule has 0 spiro atoms. The Morgan fingerprint density at radius 1 is 0.968 bits per heavy atom. The maximum Gasteiger partial charge on any atom is 0.222 e. The van der Waals surface area contributed by atoms with E-state index in [1.165, 1.54) is 44.8 Å². The highest BCUT2D eigenvalue weighted by Gasteiger charge is 2.17. The van der Waals surface area contributed by atoms with Crippen molar-refractivity contribution >= 4 is 11.8 Å². The van der Waals surface area contributed by atoms with Gasteiger partial charge in [0.2, 0.25) is 11.8 Å². The lowest BCUT2D eigenvalue weighted by atomic mass is 10.0. The molecule has 1 fully saturated rings. The molecule has 2 N–H and O–H groups in total. The predicted molar refractivity (Wildman–Crippen MR) is 122 cm³/mol. The monoisotopic (exact) mass is 423 g/mol. The Kier molecular flexibility index (Phi) is 8.47. The lowest BCUT2D eigenvalue weighted by Crippen LogP contribution is -2.32. The standard InChI is InChI=1S/C25H33N3O3/c1-19(29)27-24(22-10-12-23(31-2)13-11-22)16-25(30)26-17-20-6-8-21(9-7-20)18-28-14-4-3-5-15-28/h6-13,24H,3-5,14-18H2,1-2H3,(H,26,30)(H,27,29). The Balaban J connectivity index is 1.51. The number of ether oxygens (including phenoxy) is 1. The van der Waals surface area contributed by atoms with Crippen molar-refractivity contribution in [2.75, 3.05) is 20.2 Å². The summed E-state index contributed by atoms with van der Waals surface area (Å²) in [7, 11) is 1.61. The summed E-state index contributed by atoms with van der Waals surface area (Å²) in [4.78, 5) is 26.7. The molecule has 2 amide bonds. The molecule has 0 saturated carbocycles. The SMILES string of the molecule is COc1ccc(C(CC(=O)NCc2ccc(CN3CCCCC3)cc2)NC(C)=O)cc1. The van der Waals surface area contributed by atoms with Gasteiger partial charge in [-0.1, -0.05) is 42.8 Å². The van der Waals surface area contributed by atoms with Gasteiger partial charge in [0.1, 0.15) is 5.75 Å². The molecule has 1 saturated heterocycles. The summed E-state index contributed by atoms with van der Waals surface area (Å²) in [6.07, 6.45) is 4.11. The van der Waals surface area contributed by atoms with Gasteiger partial charge in [-0.15, -0.1) is 0 Å². The van der Waals surface area contributed by atoms with Crippen LogP contribution in [0.1, 0.15) is 55.3 Å². The van der Waals surface area contributed by atoms with Crippen molar-refractivity contribution in [2.24, 2.45) is 0 Å². The lowest BCUT2D eigenvalue weighted by Gasteiger charge is -2.26. The van der Waals surface area contributed by atoms with Gasteiger partial charge in [-0.2, -0.15) is 0 Å². The van der Waals surface area contributed by atoms with Crippen LogP contribution >= 0.6 is 0 Å². The van der Waals surface area contributed by atoms with Crippen LogP contribution in [0.25, 0.3) is 0 Å². The molecule has 0 radical (unpaired) electrons. The van der Waals surface area contributed by atoms with Crippen LogP contribution < -0.4 is 15.4 Å². The van der Waals surface area contributed by atoms with Gasteiger partial charge >= 0.3 is 0 Å². The van der Waals surface area contributed by atoms with E-state index in [9.17, 15) is 9.59 Å². The van der Waals surface area contributed by atoms with E-state index in [2.05, 4.69) is 39.8 Å². The fourth-order valence-corrected chi connectivity index (χ4v) is 3.93. The number of hydrogen-bond acceptors (Lipinski definition) is 4. The zero-order valence-electron chi connectivity index (χ0n) is 18.5. The maximum absolute atomic E-state index is 12.5. The fourth-order valence-electron chi connectivity index (χ4n) is 3.93. The first-order chi connectivity index (χ1) is 15.0. The molecule has 1 aliphatic heterocycles. The van der Waals surface area contributed by atoms with Gasteiger partial charge in [-0.25, -0.2) is 0 Å². The number of likely N-dealkylation sites (tertiary alicyclic amines) is 1. The van der Waals surface area contributed by atoms with Crippen LogP contribution in [0.3, 0.4) is 0 Å². The molecule has 0 bridgehead atoms. The van der Waals surface area contributed by atoms with Gasteiger partial charge in [0.25, 0.3) is 0 Å². The highest BCUT2D eigenvalue weighted by atomic mass is 16.5. The van der Waals surface area contributed by atoms with Crippen molar-refractivity contribution in [1.29, 1.82) is 0 Å². The number of nitrogens with zero attached hydrogens (tertiary/aromatic N) is 1. The van der Waals surface area contributed by atoms with Crippen molar-refractivity contribution in [3.05, 3.63) is 65.2 Å². The minimum atomic E-state index is -0.379. The van der Waals surface area contributed by atoms with Crippen molar-refractivity contribution in [1.82, 2.24) is 15.5 Å². The summed E-state index contributed by atoms with van der Waals surface area (Å²) in [6, 6.07) is 15.5. The van der Waals surface area contributed by atoms with Crippen LogP contribution in [-0.2, 0) is 22.7 Å². The Morgan fingerprint density at radius 2 is 1.61 bits per heavy atom. The number of benzene rings is 2. The summed E-state index contributed by atoms with van der Waals surface area (Å²) >= 11 is 0. The number of rotatable bonds is 9. The van der Waals surface area contributed by atoms with Gasteiger partial charge in [0, 0.05) is 20.0 Å². The van der Waals surface area contributed by atoms with Gasteiger partial charge in [-0.3, -0.25) is 14.5 Å². The van der Waals surface area contributed by atoms with Crippen LogP contribution in [0.4, 0.5) is 0 Å². The first-order valence-corrected chi connectivity index (χ1v) is 11.0. The van der Waals surface area contributed by atoms with E-state index >= 15 is 0 Å². The molecule has 166 valence electrons. The van der Waals surface area contributed by atoms with Crippen molar-refractivity contribution in [3.63, 3.8) is 0 Å². The zero-order chi connectivity index (χ0) is 22.1. The zero-order valence-corrected chi connectivity index (χ0v) is 18.5. The van der Waals surface area contributed by atoms with Crippen LogP contribution in [-0.4, -0.2) is 36.9 Å². The summed E-state index contributed by atoms with van der Waals surface area (Å²) < 4.78 is 5.18. The first kappa shape index (κ1) is 22.8. The molecule has 0 aromatic heterocycles. The average Bonchev–Trinajstić information content (AvgIpc) is 2.79. The number of amides is 2. The molecule has 6 nitrogen and oxygen atoms in total. The van der Waals surface area contributed by atoms with Crippen LogP contribution in [0, 0.1) is 0 Å². The highest BCUT2D eigenvalue weighted by molar-refractivity contribution is 5.79. The average molecular weight is 424 g/mol. The fraction of sp³-hybridized carbons (Fsp3) is 0.440. The third kappa shape index (κ3) is 7.40. The quantitative estimate of drug-likeness (QED) is 0.647. The van der Waals surface area contributed by atoms with E-state index < -0.39 is 0 Å². The number of piperidine rings is 1. The number of nitrogens with one attached hydrogen (secondary N) is 2. The second-order valence-corrected chi connectivity index (χ2v) is 8.16. The number of carbonyl (C=O) groups excluding carboxylic acids is 2. The molecule has 2 aromatic carbocycles. The smallest absolute Gasteiger partial charge is 0.222 e. The number of carbonyl (C=O) groups is 2. The molecular weight excluding hydrogens is 390 g/mol. The van der Waals surface area contributed by atoms with E-state index in [4.69, 9.17) is 4.74 Å². The van der Waals surface area contributed by atoms with E-state index in [-0.39, 0.29) is 24.3 Å². The second-order valence-electron chi connectivity index (χ2n) is 8.16. The van der Waals surface area contributed by atoms with E-state index in [0.717, 1.165) is 23.4 Å². The van der Waals surface area contributed by atoms with Crippen molar-refractivity contribution < 1.29 is 14.3 Å². The van der Waals surface area contributed by atoms with Crippen LogP contribution in [0.2, 0.25) is 0 Å². The number of methoxy groups -OCH3 is 1. The Morgan fingerprint density at radius 3 is 2.23 bits per heavy atom. The van der Waals surface area contributed by atoms with E-state index in [1.807, 2.05) is 24.3 Å². The third-order valence-corrected chi connectivity index (χ3v) is 5.65. The Labute approximate surface area is 185 Å². The number of hydrogen-bond donors (Lipinski definition) is 2.